The zero-order chi connectivity index (χ0) is 33.4. The molecule has 0 bridgehead atoms. The zero-order valence-corrected chi connectivity index (χ0v) is 30.0. The van der Waals surface area contributed by atoms with Crippen LogP contribution >= 0.6 is 0 Å². The van der Waals surface area contributed by atoms with E-state index in [9.17, 15) is 5.11 Å². The molecule has 0 saturated carbocycles. The van der Waals surface area contributed by atoms with Crippen LogP contribution in [0.2, 0.25) is 0 Å². The third kappa shape index (κ3) is 6.08. The van der Waals surface area contributed by atoms with Gasteiger partial charge in [0.15, 0.2) is 0 Å². The molecule has 0 aliphatic carbocycles. The molecular weight excluding hydrogens is 794 g/mol. The van der Waals surface area contributed by atoms with Gasteiger partial charge in [0, 0.05) is 44.1 Å². The van der Waals surface area contributed by atoms with Crippen LogP contribution in [0.3, 0.4) is 0 Å². The molecule has 2 aromatic heterocycles. The Morgan fingerprint density at radius 2 is 1.24 bits per heavy atom. The van der Waals surface area contributed by atoms with Crippen LogP contribution in [0, 0.1) is 6.07 Å². The summed E-state index contributed by atoms with van der Waals surface area (Å²) in [5.41, 5.74) is 11.4. The van der Waals surface area contributed by atoms with Gasteiger partial charge in [-0.05, 0) is 47.0 Å². The Balaban J connectivity index is 0.00000392. The molecule has 0 aliphatic heterocycles. The van der Waals surface area contributed by atoms with Gasteiger partial charge < -0.3 is 5.11 Å². The fraction of sp³-hybridized carbons (Fsp3) is 0.0667. The van der Waals surface area contributed by atoms with Crippen molar-refractivity contribution < 1.29 is 26.2 Å². The molecule has 1 N–H and O–H groups in total. The minimum absolute atomic E-state index is 0. The number of fused-ring (bicyclic) bond motifs is 1. The summed E-state index contributed by atoms with van der Waals surface area (Å²) in [7, 11) is 0. The minimum Gasteiger partial charge on any atom is -0.507 e. The maximum Gasteiger partial charge on any atom is 0.148 e. The maximum atomic E-state index is 10.9. The molecule has 0 fully saturated rings. The normalized spacial score (nSPS) is 11.3. The van der Waals surface area contributed by atoms with Crippen LogP contribution in [0.15, 0.2) is 164 Å². The Morgan fingerprint density at radius 1 is 0.600 bits per heavy atom. The molecule has 0 spiro atoms. The molecule has 8 aromatic rings. The van der Waals surface area contributed by atoms with Crippen molar-refractivity contribution in [2.75, 3.05) is 0 Å². The van der Waals surface area contributed by atoms with Gasteiger partial charge in [0.05, 0.1) is 16.6 Å². The number of benzene rings is 6. The predicted molar refractivity (Wildman–Crippen MR) is 200 cm³/mol. The maximum absolute atomic E-state index is 10.9. The summed E-state index contributed by atoms with van der Waals surface area (Å²) in [6.07, 6.45) is 1.99. The number of hydrogen-bond acceptors (Lipinski definition) is 3. The van der Waals surface area contributed by atoms with E-state index >= 15 is 0 Å². The number of nitrogens with zero attached hydrogens (tertiary/aromatic N) is 3. The van der Waals surface area contributed by atoms with E-state index in [1.807, 2.05) is 54.7 Å². The number of aromatic nitrogens is 3. The van der Waals surface area contributed by atoms with E-state index < -0.39 is 0 Å². The van der Waals surface area contributed by atoms with Crippen LogP contribution in [-0.2, 0) is 26.5 Å². The quantitative estimate of drug-likeness (QED) is 0.163. The summed E-state index contributed by atoms with van der Waals surface area (Å²) in [6.45, 7) is 4.47. The smallest absolute Gasteiger partial charge is 0.148 e. The Bertz CT molecular complexity index is 2400. The Kier molecular flexibility index (Phi) is 9.06. The van der Waals surface area contributed by atoms with Gasteiger partial charge in [0.1, 0.15) is 11.6 Å². The van der Waals surface area contributed by atoms with E-state index in [1.165, 1.54) is 5.56 Å². The first kappa shape index (κ1) is 33.0. The number of para-hydroxylation sites is 3. The average molecular weight is 828 g/mol. The zero-order valence-electron chi connectivity index (χ0n) is 27.7. The van der Waals surface area contributed by atoms with Gasteiger partial charge in [0.2, 0.25) is 0 Å². The SMILES string of the molecule is CC(C)(c1ccccc1)c1ccc(-c2[c-]c(-c3cccc4c3nc(-c3ccccc3O)n4-c3ccccc3)cc(-c3ccccc3)c2)nc1.[Pt]. The molecule has 2 heterocycles. The van der Waals surface area contributed by atoms with Gasteiger partial charge in [-0.25, -0.2) is 4.98 Å². The molecule has 0 unspecified atom stereocenters. The second-order valence-electron chi connectivity index (χ2n) is 12.8. The Hall–Kier alpha value is -5.57. The Labute approximate surface area is 307 Å². The van der Waals surface area contributed by atoms with Crippen molar-refractivity contribution in [3.63, 3.8) is 0 Å². The summed E-state index contributed by atoms with van der Waals surface area (Å²) < 4.78 is 2.12. The van der Waals surface area contributed by atoms with Crippen molar-refractivity contribution in [1.82, 2.24) is 14.5 Å². The minimum atomic E-state index is -0.189. The van der Waals surface area contributed by atoms with Crippen molar-refractivity contribution in [1.29, 1.82) is 0 Å². The van der Waals surface area contributed by atoms with Gasteiger partial charge in [-0.1, -0.05) is 146 Å². The number of imidazole rings is 1. The van der Waals surface area contributed by atoms with Crippen molar-refractivity contribution in [2.24, 2.45) is 0 Å². The summed E-state index contributed by atoms with van der Waals surface area (Å²) in [4.78, 5) is 10.2. The van der Waals surface area contributed by atoms with Crippen molar-refractivity contribution >= 4 is 11.0 Å². The van der Waals surface area contributed by atoms with E-state index in [4.69, 9.17) is 9.97 Å². The number of phenols is 1. The first-order valence-corrected chi connectivity index (χ1v) is 16.5. The first-order valence-electron chi connectivity index (χ1n) is 16.5. The monoisotopic (exact) mass is 827 g/mol. The van der Waals surface area contributed by atoms with E-state index in [0.29, 0.717) is 11.4 Å². The molecule has 4 nitrogen and oxygen atoms in total. The number of rotatable bonds is 7. The second-order valence-corrected chi connectivity index (χ2v) is 12.8. The van der Waals surface area contributed by atoms with Crippen LogP contribution in [0.5, 0.6) is 5.75 Å². The van der Waals surface area contributed by atoms with E-state index in [-0.39, 0.29) is 32.2 Å². The largest absolute Gasteiger partial charge is 0.507 e. The fourth-order valence-electron chi connectivity index (χ4n) is 6.59. The van der Waals surface area contributed by atoms with Crippen molar-refractivity contribution in [2.45, 2.75) is 19.3 Å². The standard InChI is InChI=1S/C45H34N3O.Pt/c1-45(2,35-17-8-4-9-18-35)36-25-26-40(46-30-36)34-28-32(31-15-6-3-7-16-31)27-33(29-34)38-22-14-23-41-43(38)47-44(39-21-12-13-24-42(39)49)48(41)37-19-10-5-11-20-37;/h3-28,30,49H,1-2H3;/q-1;. The van der Waals surface area contributed by atoms with Gasteiger partial charge in [-0.2, -0.15) is 0 Å². The van der Waals surface area contributed by atoms with E-state index in [0.717, 1.165) is 55.8 Å². The van der Waals surface area contributed by atoms with E-state index in [1.54, 1.807) is 6.07 Å². The van der Waals surface area contributed by atoms with Crippen LogP contribution in [0.1, 0.15) is 25.0 Å². The topological polar surface area (TPSA) is 50.9 Å². The first-order chi connectivity index (χ1) is 24.0. The number of hydrogen-bond donors (Lipinski definition) is 1. The molecular formula is C45H34N3OPt-. The molecule has 5 heteroatoms. The van der Waals surface area contributed by atoms with Gasteiger partial charge >= 0.3 is 0 Å². The average Bonchev–Trinajstić information content (AvgIpc) is 3.55. The molecule has 0 amide bonds. The second kappa shape index (κ2) is 13.7. The number of aromatic hydroxyl groups is 1. The molecule has 0 saturated heterocycles. The third-order valence-electron chi connectivity index (χ3n) is 9.37. The third-order valence-corrected chi connectivity index (χ3v) is 9.37. The molecule has 50 heavy (non-hydrogen) atoms. The predicted octanol–water partition coefficient (Wildman–Crippen LogP) is 10.9. The van der Waals surface area contributed by atoms with Crippen molar-refractivity contribution in [3.8, 4) is 56.3 Å². The molecule has 246 valence electrons. The number of phenolic OH excluding ortho intramolecular Hbond substituents is 1. The molecule has 6 aromatic carbocycles. The molecule has 0 aliphatic rings. The van der Waals surface area contributed by atoms with Crippen LogP contribution in [-0.4, -0.2) is 19.6 Å². The number of pyridine rings is 1. The molecule has 8 rings (SSSR count). The van der Waals surface area contributed by atoms with Gasteiger partial charge in [0.25, 0.3) is 0 Å². The van der Waals surface area contributed by atoms with Gasteiger partial charge in [-0.3, -0.25) is 9.55 Å². The molecule has 0 radical (unpaired) electrons. The summed E-state index contributed by atoms with van der Waals surface area (Å²) >= 11 is 0. The Morgan fingerprint density at radius 3 is 1.94 bits per heavy atom. The van der Waals surface area contributed by atoms with Crippen LogP contribution < -0.4 is 0 Å². The van der Waals surface area contributed by atoms with Crippen molar-refractivity contribution in [3.05, 3.63) is 181 Å². The summed E-state index contributed by atoms with van der Waals surface area (Å²) in [6, 6.07) is 57.1. The summed E-state index contributed by atoms with van der Waals surface area (Å²) in [5, 5.41) is 10.9. The fourth-order valence-corrected chi connectivity index (χ4v) is 6.59. The van der Waals surface area contributed by atoms with Crippen LogP contribution in [0.4, 0.5) is 0 Å². The van der Waals surface area contributed by atoms with Crippen LogP contribution in [0.25, 0.3) is 61.6 Å². The molecule has 0 atom stereocenters. The van der Waals surface area contributed by atoms with Gasteiger partial charge in [-0.15, -0.1) is 23.8 Å². The summed E-state index contributed by atoms with van der Waals surface area (Å²) in [5.74, 6) is 0.853. The van der Waals surface area contributed by atoms with E-state index in [2.05, 4.69) is 128 Å².